The van der Waals surface area contributed by atoms with Gasteiger partial charge < -0.3 is 10.5 Å². The summed E-state index contributed by atoms with van der Waals surface area (Å²) in [6.07, 6.45) is 4.86. The van der Waals surface area contributed by atoms with Gasteiger partial charge in [-0.25, -0.2) is 0 Å². The van der Waals surface area contributed by atoms with E-state index < -0.39 is 0 Å². The minimum atomic E-state index is 0.778. The van der Waals surface area contributed by atoms with Crippen molar-refractivity contribution in [3.8, 4) is 28.0 Å². The van der Waals surface area contributed by atoms with Gasteiger partial charge in [-0.3, -0.25) is 0 Å². The van der Waals surface area contributed by atoms with Crippen LogP contribution in [-0.2, 0) is 0 Å². The maximum atomic E-state index is 6.05. The third kappa shape index (κ3) is 4.66. The molecule has 3 aromatic carbocycles. The average Bonchev–Trinajstić information content (AvgIpc) is 2.69. The van der Waals surface area contributed by atoms with E-state index in [2.05, 4.69) is 61.5 Å². The van der Waals surface area contributed by atoms with Crippen LogP contribution in [0.1, 0.15) is 32.6 Å². The molecule has 134 valence electrons. The zero-order chi connectivity index (χ0) is 18.2. The van der Waals surface area contributed by atoms with Crippen molar-refractivity contribution in [2.24, 2.45) is 0 Å². The standard InChI is InChI=1S/C24H27NO/c1-2-3-4-7-18-26-24-9-6-5-8-23(24)21-12-10-19(11-13-21)20-14-16-22(25)17-15-20/h5-6,8-17H,2-4,7,18,25H2,1H3. The smallest absolute Gasteiger partial charge is 0.127 e. The predicted molar refractivity (Wildman–Crippen MR) is 111 cm³/mol. The Morgan fingerprint density at radius 2 is 1.31 bits per heavy atom. The average molecular weight is 345 g/mol. The van der Waals surface area contributed by atoms with Crippen molar-refractivity contribution >= 4 is 5.69 Å². The highest BCUT2D eigenvalue weighted by Gasteiger charge is 2.06. The van der Waals surface area contributed by atoms with Gasteiger partial charge >= 0.3 is 0 Å². The number of unbranched alkanes of at least 4 members (excludes halogenated alkanes) is 3. The molecule has 0 aliphatic heterocycles. The Morgan fingerprint density at radius 3 is 2.00 bits per heavy atom. The fourth-order valence-corrected chi connectivity index (χ4v) is 3.06. The van der Waals surface area contributed by atoms with Gasteiger partial charge in [-0.2, -0.15) is 0 Å². The molecule has 0 heterocycles. The van der Waals surface area contributed by atoms with Crippen LogP contribution in [0.3, 0.4) is 0 Å². The highest BCUT2D eigenvalue weighted by atomic mass is 16.5. The van der Waals surface area contributed by atoms with Crippen LogP contribution in [0.25, 0.3) is 22.3 Å². The molecule has 0 saturated heterocycles. The molecule has 0 aromatic heterocycles. The van der Waals surface area contributed by atoms with Gasteiger partial charge in [0.1, 0.15) is 5.75 Å². The largest absolute Gasteiger partial charge is 0.493 e. The number of hydrogen-bond donors (Lipinski definition) is 1. The molecule has 3 rings (SSSR count). The Bertz CT molecular complexity index is 806. The summed E-state index contributed by atoms with van der Waals surface area (Å²) in [6, 6.07) is 24.9. The lowest BCUT2D eigenvalue weighted by Crippen LogP contribution is -1.98. The molecule has 2 N–H and O–H groups in total. The number of benzene rings is 3. The van der Waals surface area contributed by atoms with E-state index in [9.17, 15) is 0 Å². The molecular formula is C24H27NO. The summed E-state index contributed by atoms with van der Waals surface area (Å²) >= 11 is 0. The second-order valence-electron chi connectivity index (χ2n) is 6.60. The fourth-order valence-electron chi connectivity index (χ4n) is 3.06. The normalized spacial score (nSPS) is 10.7. The van der Waals surface area contributed by atoms with E-state index in [1.807, 2.05) is 18.2 Å². The molecular weight excluding hydrogens is 318 g/mol. The summed E-state index contributed by atoms with van der Waals surface area (Å²) in [4.78, 5) is 0. The maximum absolute atomic E-state index is 6.05. The van der Waals surface area contributed by atoms with E-state index in [4.69, 9.17) is 10.5 Å². The summed E-state index contributed by atoms with van der Waals surface area (Å²) in [7, 11) is 0. The van der Waals surface area contributed by atoms with Crippen molar-refractivity contribution < 1.29 is 4.74 Å². The van der Waals surface area contributed by atoms with Crippen molar-refractivity contribution in [1.82, 2.24) is 0 Å². The lowest BCUT2D eigenvalue weighted by Gasteiger charge is -2.12. The molecule has 0 amide bonds. The highest BCUT2D eigenvalue weighted by Crippen LogP contribution is 2.31. The van der Waals surface area contributed by atoms with Crippen LogP contribution in [0, 0.1) is 0 Å². The van der Waals surface area contributed by atoms with Gasteiger partial charge in [-0.05, 0) is 41.3 Å². The summed E-state index contributed by atoms with van der Waals surface area (Å²) in [5.74, 6) is 0.962. The topological polar surface area (TPSA) is 35.2 Å². The first kappa shape index (κ1) is 18.1. The molecule has 0 fully saturated rings. The lowest BCUT2D eigenvalue weighted by atomic mass is 9.99. The quantitative estimate of drug-likeness (QED) is 0.370. The third-order valence-electron chi connectivity index (χ3n) is 4.58. The Kier molecular flexibility index (Phi) is 6.32. The van der Waals surface area contributed by atoms with Crippen molar-refractivity contribution in [1.29, 1.82) is 0 Å². The molecule has 0 aliphatic rings. The molecule has 0 radical (unpaired) electrons. The van der Waals surface area contributed by atoms with Gasteiger partial charge in [0.2, 0.25) is 0 Å². The van der Waals surface area contributed by atoms with E-state index in [0.29, 0.717) is 0 Å². The van der Waals surface area contributed by atoms with Crippen molar-refractivity contribution in [3.05, 3.63) is 72.8 Å². The molecule has 0 unspecified atom stereocenters. The number of hydrogen-bond acceptors (Lipinski definition) is 2. The number of nitrogen functional groups attached to an aromatic ring is 1. The Morgan fingerprint density at radius 1 is 0.692 bits per heavy atom. The molecule has 0 bridgehead atoms. The van der Waals surface area contributed by atoms with E-state index in [1.165, 1.54) is 36.0 Å². The van der Waals surface area contributed by atoms with Crippen LogP contribution < -0.4 is 10.5 Å². The SMILES string of the molecule is CCCCCCOc1ccccc1-c1ccc(-c2ccc(N)cc2)cc1. The van der Waals surface area contributed by atoms with Gasteiger partial charge in [0.25, 0.3) is 0 Å². The number of anilines is 1. The van der Waals surface area contributed by atoms with Crippen LogP contribution in [0.2, 0.25) is 0 Å². The van der Waals surface area contributed by atoms with Crippen molar-refractivity contribution in [2.75, 3.05) is 12.3 Å². The molecule has 0 atom stereocenters. The van der Waals surface area contributed by atoms with Crippen LogP contribution in [-0.4, -0.2) is 6.61 Å². The molecule has 0 spiro atoms. The third-order valence-corrected chi connectivity index (χ3v) is 4.58. The summed E-state index contributed by atoms with van der Waals surface area (Å²) < 4.78 is 6.05. The van der Waals surface area contributed by atoms with Crippen LogP contribution >= 0.6 is 0 Å². The second kappa shape index (κ2) is 9.10. The maximum Gasteiger partial charge on any atom is 0.127 e. The summed E-state index contributed by atoms with van der Waals surface area (Å²) in [5, 5.41) is 0. The predicted octanol–water partition coefficient (Wildman–Crippen LogP) is 6.56. The highest BCUT2D eigenvalue weighted by molar-refractivity contribution is 5.74. The fraction of sp³-hybridized carbons (Fsp3) is 0.250. The van der Waals surface area contributed by atoms with Gasteiger partial charge in [-0.1, -0.05) is 80.8 Å². The summed E-state index contributed by atoms with van der Waals surface area (Å²) in [5.41, 5.74) is 11.2. The minimum Gasteiger partial charge on any atom is -0.493 e. The first-order chi connectivity index (χ1) is 12.8. The minimum absolute atomic E-state index is 0.778. The number of nitrogens with two attached hydrogens (primary N) is 1. The van der Waals surface area contributed by atoms with E-state index in [0.717, 1.165) is 30.0 Å². The van der Waals surface area contributed by atoms with E-state index in [-0.39, 0.29) is 0 Å². The molecule has 2 nitrogen and oxygen atoms in total. The first-order valence-electron chi connectivity index (χ1n) is 9.46. The van der Waals surface area contributed by atoms with Crippen LogP contribution in [0.15, 0.2) is 72.8 Å². The van der Waals surface area contributed by atoms with E-state index >= 15 is 0 Å². The zero-order valence-corrected chi connectivity index (χ0v) is 15.4. The van der Waals surface area contributed by atoms with Crippen LogP contribution in [0.5, 0.6) is 5.75 Å². The summed E-state index contributed by atoms with van der Waals surface area (Å²) in [6.45, 7) is 3.00. The molecule has 0 aliphatic carbocycles. The van der Waals surface area contributed by atoms with Crippen molar-refractivity contribution in [2.45, 2.75) is 32.6 Å². The van der Waals surface area contributed by atoms with Gasteiger partial charge in [0.05, 0.1) is 6.61 Å². The Hall–Kier alpha value is -2.74. The molecule has 26 heavy (non-hydrogen) atoms. The van der Waals surface area contributed by atoms with Gasteiger partial charge in [0.15, 0.2) is 0 Å². The van der Waals surface area contributed by atoms with Gasteiger partial charge in [-0.15, -0.1) is 0 Å². The second-order valence-corrected chi connectivity index (χ2v) is 6.60. The lowest BCUT2D eigenvalue weighted by molar-refractivity contribution is 0.306. The number of para-hydroxylation sites is 1. The van der Waals surface area contributed by atoms with E-state index in [1.54, 1.807) is 0 Å². The van der Waals surface area contributed by atoms with Gasteiger partial charge in [0, 0.05) is 11.3 Å². The molecule has 3 aromatic rings. The number of rotatable bonds is 8. The first-order valence-corrected chi connectivity index (χ1v) is 9.46. The van der Waals surface area contributed by atoms with Crippen LogP contribution in [0.4, 0.5) is 5.69 Å². The number of ether oxygens (including phenoxy) is 1. The molecule has 0 saturated carbocycles. The molecule has 2 heteroatoms. The van der Waals surface area contributed by atoms with Crippen molar-refractivity contribution in [3.63, 3.8) is 0 Å². The zero-order valence-electron chi connectivity index (χ0n) is 15.4. The Labute approximate surface area is 156 Å². The monoisotopic (exact) mass is 345 g/mol. The Balaban J connectivity index is 1.73.